The fraction of sp³-hybridized carbons (Fsp3) is 0.286. The molecule has 82 valence electrons. The van der Waals surface area contributed by atoms with Gasteiger partial charge in [-0.25, -0.2) is 0 Å². The minimum atomic E-state index is -0.825. The first-order chi connectivity index (χ1) is 7.79. The van der Waals surface area contributed by atoms with E-state index in [1.807, 2.05) is 12.1 Å². The number of hydrogen-bond acceptors (Lipinski definition) is 2. The SMILES string of the molecule is C#CCCC#CC(O)c1ccccc1OC. The summed E-state index contributed by atoms with van der Waals surface area (Å²) in [4.78, 5) is 0. The smallest absolute Gasteiger partial charge is 0.143 e. The van der Waals surface area contributed by atoms with Gasteiger partial charge in [-0.2, -0.15) is 0 Å². The Labute approximate surface area is 96.3 Å². The highest BCUT2D eigenvalue weighted by Crippen LogP contribution is 2.23. The fourth-order valence-corrected chi connectivity index (χ4v) is 1.27. The van der Waals surface area contributed by atoms with Gasteiger partial charge < -0.3 is 9.84 Å². The molecular weight excluding hydrogens is 200 g/mol. The van der Waals surface area contributed by atoms with E-state index < -0.39 is 6.10 Å². The van der Waals surface area contributed by atoms with Crippen LogP contribution in [0, 0.1) is 24.2 Å². The first-order valence-electron chi connectivity index (χ1n) is 5.02. The molecule has 0 saturated carbocycles. The molecule has 2 heteroatoms. The maximum Gasteiger partial charge on any atom is 0.143 e. The average Bonchev–Trinajstić information content (AvgIpc) is 2.34. The molecule has 1 rings (SSSR count). The van der Waals surface area contributed by atoms with Crippen LogP contribution in [0.3, 0.4) is 0 Å². The van der Waals surface area contributed by atoms with Crippen molar-refractivity contribution in [3.8, 4) is 29.9 Å². The Balaban J connectivity index is 2.75. The second-order valence-electron chi connectivity index (χ2n) is 3.17. The zero-order valence-corrected chi connectivity index (χ0v) is 9.23. The second kappa shape index (κ2) is 6.56. The van der Waals surface area contributed by atoms with E-state index in [9.17, 15) is 5.11 Å². The monoisotopic (exact) mass is 214 g/mol. The van der Waals surface area contributed by atoms with E-state index in [0.29, 0.717) is 24.2 Å². The quantitative estimate of drug-likeness (QED) is 0.617. The van der Waals surface area contributed by atoms with Gasteiger partial charge in [0.1, 0.15) is 11.9 Å². The van der Waals surface area contributed by atoms with Crippen molar-refractivity contribution in [2.45, 2.75) is 18.9 Å². The van der Waals surface area contributed by atoms with E-state index in [-0.39, 0.29) is 0 Å². The van der Waals surface area contributed by atoms with Crippen LogP contribution in [0.5, 0.6) is 5.75 Å². The molecule has 0 radical (unpaired) electrons. The zero-order chi connectivity index (χ0) is 11.8. The molecule has 0 fully saturated rings. The number of aliphatic hydroxyl groups is 1. The summed E-state index contributed by atoms with van der Waals surface area (Å²) in [6, 6.07) is 7.27. The van der Waals surface area contributed by atoms with E-state index in [1.54, 1.807) is 19.2 Å². The lowest BCUT2D eigenvalue weighted by Crippen LogP contribution is -1.97. The molecule has 2 nitrogen and oxygen atoms in total. The maximum absolute atomic E-state index is 9.83. The molecule has 1 aromatic rings. The summed E-state index contributed by atoms with van der Waals surface area (Å²) in [5.41, 5.74) is 0.679. The molecule has 0 heterocycles. The van der Waals surface area contributed by atoms with Crippen molar-refractivity contribution in [2.24, 2.45) is 0 Å². The Bertz CT molecular complexity index is 432. The summed E-state index contributed by atoms with van der Waals surface area (Å²) in [7, 11) is 1.57. The number of ether oxygens (including phenoxy) is 1. The first-order valence-corrected chi connectivity index (χ1v) is 5.02. The van der Waals surface area contributed by atoms with Gasteiger partial charge in [-0.3, -0.25) is 0 Å². The number of hydrogen-bond donors (Lipinski definition) is 1. The summed E-state index contributed by atoms with van der Waals surface area (Å²) in [6.07, 6.45) is 5.48. The molecule has 0 spiro atoms. The van der Waals surface area contributed by atoms with E-state index >= 15 is 0 Å². The largest absolute Gasteiger partial charge is 0.496 e. The Morgan fingerprint density at radius 2 is 2.12 bits per heavy atom. The van der Waals surface area contributed by atoms with Crippen LogP contribution in [-0.4, -0.2) is 12.2 Å². The van der Waals surface area contributed by atoms with Crippen LogP contribution in [0.1, 0.15) is 24.5 Å². The summed E-state index contributed by atoms with van der Waals surface area (Å²) >= 11 is 0. The average molecular weight is 214 g/mol. The normalized spacial score (nSPS) is 10.8. The molecule has 0 amide bonds. The van der Waals surface area contributed by atoms with Crippen LogP contribution in [-0.2, 0) is 0 Å². The van der Waals surface area contributed by atoms with Gasteiger partial charge >= 0.3 is 0 Å². The minimum Gasteiger partial charge on any atom is -0.496 e. The van der Waals surface area contributed by atoms with Gasteiger partial charge in [-0.1, -0.05) is 30.0 Å². The van der Waals surface area contributed by atoms with Gasteiger partial charge in [-0.15, -0.1) is 12.3 Å². The minimum absolute atomic E-state index is 0.600. The number of para-hydroxylation sites is 1. The molecule has 0 aliphatic rings. The third-order valence-electron chi connectivity index (χ3n) is 2.07. The number of methoxy groups -OCH3 is 1. The highest BCUT2D eigenvalue weighted by molar-refractivity contribution is 5.38. The van der Waals surface area contributed by atoms with Crippen molar-refractivity contribution < 1.29 is 9.84 Å². The summed E-state index contributed by atoms with van der Waals surface area (Å²) in [5, 5.41) is 9.83. The standard InChI is InChI=1S/C14H14O2/c1-3-4-5-6-10-13(15)12-9-7-8-11-14(12)16-2/h1,7-9,11,13,15H,4-5H2,2H3. The van der Waals surface area contributed by atoms with Crippen molar-refractivity contribution in [1.29, 1.82) is 0 Å². The molecular formula is C14H14O2. The predicted octanol–water partition coefficient (Wildman–Crippen LogP) is 2.15. The molecule has 1 N–H and O–H groups in total. The van der Waals surface area contributed by atoms with Crippen LogP contribution in [0.2, 0.25) is 0 Å². The fourth-order valence-electron chi connectivity index (χ4n) is 1.27. The Hall–Kier alpha value is -1.90. The number of rotatable bonds is 3. The molecule has 1 unspecified atom stereocenters. The van der Waals surface area contributed by atoms with Gasteiger partial charge in [0.15, 0.2) is 0 Å². The zero-order valence-electron chi connectivity index (χ0n) is 9.23. The Morgan fingerprint density at radius 3 is 2.81 bits per heavy atom. The van der Waals surface area contributed by atoms with Crippen LogP contribution >= 0.6 is 0 Å². The van der Waals surface area contributed by atoms with E-state index in [0.717, 1.165) is 0 Å². The van der Waals surface area contributed by atoms with Gasteiger partial charge in [0.25, 0.3) is 0 Å². The number of unbranched alkanes of at least 4 members (excludes halogenated alkanes) is 1. The molecule has 0 saturated heterocycles. The van der Waals surface area contributed by atoms with Crippen molar-refractivity contribution >= 4 is 0 Å². The lowest BCUT2D eigenvalue weighted by molar-refractivity contribution is 0.232. The molecule has 0 aliphatic heterocycles. The molecule has 0 aliphatic carbocycles. The maximum atomic E-state index is 9.83. The highest BCUT2D eigenvalue weighted by atomic mass is 16.5. The third kappa shape index (κ3) is 3.35. The van der Waals surface area contributed by atoms with E-state index in [4.69, 9.17) is 11.2 Å². The summed E-state index contributed by atoms with van der Waals surface area (Å²) in [6.45, 7) is 0. The summed E-state index contributed by atoms with van der Waals surface area (Å²) in [5.74, 6) is 8.71. The second-order valence-corrected chi connectivity index (χ2v) is 3.17. The van der Waals surface area contributed by atoms with E-state index in [2.05, 4.69) is 17.8 Å². The van der Waals surface area contributed by atoms with Crippen molar-refractivity contribution in [2.75, 3.05) is 7.11 Å². The van der Waals surface area contributed by atoms with Crippen LogP contribution in [0.4, 0.5) is 0 Å². The van der Waals surface area contributed by atoms with Crippen LogP contribution in [0.15, 0.2) is 24.3 Å². The lowest BCUT2D eigenvalue weighted by Gasteiger charge is -2.09. The van der Waals surface area contributed by atoms with Gasteiger partial charge in [-0.05, 0) is 6.07 Å². The van der Waals surface area contributed by atoms with Gasteiger partial charge in [0.05, 0.1) is 7.11 Å². The van der Waals surface area contributed by atoms with E-state index in [1.165, 1.54) is 0 Å². The molecule has 1 atom stereocenters. The third-order valence-corrected chi connectivity index (χ3v) is 2.07. The molecule has 0 aromatic heterocycles. The Kier molecular flexibility index (Phi) is 4.99. The predicted molar refractivity (Wildman–Crippen MR) is 63.8 cm³/mol. The molecule has 1 aromatic carbocycles. The number of terminal acetylenes is 1. The molecule has 0 bridgehead atoms. The highest BCUT2D eigenvalue weighted by Gasteiger charge is 2.08. The van der Waals surface area contributed by atoms with Crippen molar-refractivity contribution in [3.63, 3.8) is 0 Å². The van der Waals surface area contributed by atoms with Crippen LogP contribution in [0.25, 0.3) is 0 Å². The van der Waals surface area contributed by atoms with Crippen LogP contribution < -0.4 is 4.74 Å². The number of aliphatic hydroxyl groups excluding tert-OH is 1. The van der Waals surface area contributed by atoms with Gasteiger partial charge in [0.2, 0.25) is 0 Å². The topological polar surface area (TPSA) is 29.5 Å². The van der Waals surface area contributed by atoms with Crippen molar-refractivity contribution in [3.05, 3.63) is 29.8 Å². The first kappa shape index (κ1) is 12.2. The van der Waals surface area contributed by atoms with Crippen molar-refractivity contribution in [1.82, 2.24) is 0 Å². The Morgan fingerprint density at radius 1 is 1.38 bits per heavy atom. The summed E-state index contributed by atoms with van der Waals surface area (Å²) < 4.78 is 5.13. The van der Waals surface area contributed by atoms with Gasteiger partial charge in [0, 0.05) is 18.4 Å². The molecule has 16 heavy (non-hydrogen) atoms. The lowest BCUT2D eigenvalue weighted by atomic mass is 10.1. The number of benzene rings is 1.